The van der Waals surface area contributed by atoms with Crippen LogP contribution in [0.4, 0.5) is 8.78 Å². The monoisotopic (exact) mass is 345 g/mol. The number of ketones is 1. The summed E-state index contributed by atoms with van der Waals surface area (Å²) in [6, 6.07) is 2.38. The fourth-order valence-electron chi connectivity index (χ4n) is 2.93. The molecule has 0 aromatic heterocycles. The molecular formula is C15H18BrF2NO. The van der Waals surface area contributed by atoms with E-state index in [0.717, 1.165) is 31.7 Å². The lowest BCUT2D eigenvalue weighted by Gasteiger charge is -2.30. The number of carbonyl (C=O) groups excluding carboxylic acids is 1. The molecule has 0 bridgehead atoms. The van der Waals surface area contributed by atoms with E-state index < -0.39 is 28.4 Å². The van der Waals surface area contributed by atoms with Gasteiger partial charge in [-0.3, -0.25) is 4.79 Å². The van der Waals surface area contributed by atoms with Crippen molar-refractivity contribution in [2.75, 3.05) is 6.54 Å². The molecule has 0 amide bonds. The molecule has 1 saturated carbocycles. The number of nitrogens with two attached hydrogens (primary N) is 1. The lowest BCUT2D eigenvalue weighted by Crippen LogP contribution is -2.39. The van der Waals surface area contributed by atoms with E-state index in [2.05, 4.69) is 15.9 Å². The van der Waals surface area contributed by atoms with Gasteiger partial charge in [0.25, 0.3) is 0 Å². The molecule has 0 atom stereocenters. The third-order valence-corrected chi connectivity index (χ3v) is 4.82. The van der Waals surface area contributed by atoms with Gasteiger partial charge in [-0.15, -0.1) is 0 Å². The van der Waals surface area contributed by atoms with Crippen molar-refractivity contribution in [1.82, 2.24) is 0 Å². The van der Waals surface area contributed by atoms with Gasteiger partial charge in [-0.25, -0.2) is 8.78 Å². The molecule has 1 aliphatic rings. The summed E-state index contributed by atoms with van der Waals surface area (Å²) in [5.74, 6) is -2.13. The molecule has 1 aliphatic carbocycles. The predicted molar refractivity (Wildman–Crippen MR) is 77.6 cm³/mol. The predicted octanol–water partition coefficient (Wildman–Crippen LogP) is 4.21. The SMILES string of the molecule is NCC1(C(=O)c2c(F)ccc(Br)c2F)CCCCCC1. The molecule has 1 aromatic carbocycles. The summed E-state index contributed by atoms with van der Waals surface area (Å²) in [4.78, 5) is 12.7. The first-order valence-electron chi connectivity index (χ1n) is 6.90. The highest BCUT2D eigenvalue weighted by atomic mass is 79.9. The van der Waals surface area contributed by atoms with Crippen molar-refractivity contribution in [3.63, 3.8) is 0 Å². The Morgan fingerprint density at radius 2 is 1.80 bits per heavy atom. The Morgan fingerprint density at radius 3 is 2.35 bits per heavy atom. The topological polar surface area (TPSA) is 43.1 Å². The Bertz CT molecular complexity index is 511. The van der Waals surface area contributed by atoms with Crippen molar-refractivity contribution < 1.29 is 13.6 Å². The van der Waals surface area contributed by atoms with Crippen molar-refractivity contribution in [3.05, 3.63) is 33.8 Å². The zero-order valence-corrected chi connectivity index (χ0v) is 12.8. The second-order valence-electron chi connectivity index (χ2n) is 5.45. The summed E-state index contributed by atoms with van der Waals surface area (Å²) in [5.41, 5.74) is 4.53. The zero-order chi connectivity index (χ0) is 14.8. The van der Waals surface area contributed by atoms with Gasteiger partial charge in [0.05, 0.1) is 10.0 Å². The number of carbonyl (C=O) groups is 1. The molecule has 1 aromatic rings. The summed E-state index contributed by atoms with van der Waals surface area (Å²) in [5, 5.41) is 0. The molecule has 0 spiro atoms. The maximum absolute atomic E-state index is 14.1. The summed E-state index contributed by atoms with van der Waals surface area (Å²) in [7, 11) is 0. The van der Waals surface area contributed by atoms with Crippen LogP contribution < -0.4 is 5.73 Å². The van der Waals surface area contributed by atoms with Gasteiger partial charge in [-0.05, 0) is 40.9 Å². The van der Waals surface area contributed by atoms with E-state index in [1.807, 2.05) is 0 Å². The first-order chi connectivity index (χ1) is 9.52. The average molecular weight is 346 g/mol. The molecule has 5 heteroatoms. The highest BCUT2D eigenvalue weighted by Crippen LogP contribution is 2.39. The normalized spacial score (nSPS) is 18.6. The minimum atomic E-state index is -0.827. The third-order valence-electron chi connectivity index (χ3n) is 4.20. The number of hydrogen-bond acceptors (Lipinski definition) is 2. The lowest BCUT2D eigenvalue weighted by molar-refractivity contribution is 0.0764. The van der Waals surface area contributed by atoms with Gasteiger partial charge in [-0.2, -0.15) is 0 Å². The van der Waals surface area contributed by atoms with Crippen molar-refractivity contribution in [2.45, 2.75) is 38.5 Å². The Labute approximate surface area is 125 Å². The van der Waals surface area contributed by atoms with Crippen molar-refractivity contribution >= 4 is 21.7 Å². The van der Waals surface area contributed by atoms with E-state index in [0.29, 0.717) is 12.8 Å². The van der Waals surface area contributed by atoms with Gasteiger partial charge in [0, 0.05) is 12.0 Å². The van der Waals surface area contributed by atoms with Crippen LogP contribution in [0.1, 0.15) is 48.9 Å². The number of halogens is 3. The second kappa shape index (κ2) is 6.31. The molecular weight excluding hydrogens is 328 g/mol. The maximum atomic E-state index is 14.1. The summed E-state index contributed by atoms with van der Waals surface area (Å²) in [6.45, 7) is 0.136. The molecule has 0 heterocycles. The van der Waals surface area contributed by atoms with Crippen LogP contribution in [0.3, 0.4) is 0 Å². The Hall–Kier alpha value is -0.810. The molecule has 2 nitrogen and oxygen atoms in total. The van der Waals surface area contributed by atoms with Gasteiger partial charge in [0.15, 0.2) is 11.6 Å². The van der Waals surface area contributed by atoms with Crippen LogP contribution in [0.15, 0.2) is 16.6 Å². The van der Waals surface area contributed by atoms with E-state index in [-0.39, 0.29) is 11.0 Å². The van der Waals surface area contributed by atoms with Gasteiger partial charge in [-0.1, -0.05) is 25.7 Å². The molecule has 20 heavy (non-hydrogen) atoms. The van der Waals surface area contributed by atoms with Crippen LogP contribution in [-0.2, 0) is 0 Å². The molecule has 1 fully saturated rings. The minimum Gasteiger partial charge on any atom is -0.329 e. The van der Waals surface area contributed by atoms with Crippen LogP contribution >= 0.6 is 15.9 Å². The Morgan fingerprint density at radius 1 is 1.20 bits per heavy atom. The first-order valence-corrected chi connectivity index (χ1v) is 7.69. The largest absolute Gasteiger partial charge is 0.329 e. The summed E-state index contributed by atoms with van der Waals surface area (Å²) in [6.07, 6.45) is 5.04. The standard InChI is InChI=1S/C15H18BrF2NO/c16-10-5-6-11(17)12(13(10)18)14(20)15(9-19)7-3-1-2-4-8-15/h5-6H,1-4,7-9,19H2. The van der Waals surface area contributed by atoms with E-state index in [1.54, 1.807) is 0 Å². The highest BCUT2D eigenvalue weighted by molar-refractivity contribution is 9.10. The van der Waals surface area contributed by atoms with Crippen LogP contribution in [0.25, 0.3) is 0 Å². The van der Waals surface area contributed by atoms with Crippen molar-refractivity contribution in [3.8, 4) is 0 Å². The molecule has 0 radical (unpaired) electrons. The van der Waals surface area contributed by atoms with Gasteiger partial charge < -0.3 is 5.73 Å². The summed E-state index contributed by atoms with van der Waals surface area (Å²) >= 11 is 3.00. The Balaban J connectivity index is 2.45. The van der Waals surface area contributed by atoms with E-state index >= 15 is 0 Å². The quantitative estimate of drug-likeness (QED) is 0.506. The number of rotatable bonds is 3. The smallest absolute Gasteiger partial charge is 0.176 e. The highest BCUT2D eigenvalue weighted by Gasteiger charge is 2.40. The number of hydrogen-bond donors (Lipinski definition) is 1. The molecule has 0 unspecified atom stereocenters. The van der Waals surface area contributed by atoms with Gasteiger partial charge in [0.1, 0.15) is 5.82 Å². The lowest BCUT2D eigenvalue weighted by atomic mass is 9.74. The van der Waals surface area contributed by atoms with E-state index in [1.165, 1.54) is 6.07 Å². The Kier molecular flexibility index (Phi) is 4.91. The van der Waals surface area contributed by atoms with Crippen molar-refractivity contribution in [1.29, 1.82) is 0 Å². The number of benzene rings is 1. The van der Waals surface area contributed by atoms with E-state index in [4.69, 9.17) is 5.73 Å². The fraction of sp³-hybridized carbons (Fsp3) is 0.533. The minimum absolute atomic E-state index is 0.100. The average Bonchev–Trinajstić information content (AvgIpc) is 2.69. The third kappa shape index (κ3) is 2.79. The molecule has 110 valence electrons. The van der Waals surface area contributed by atoms with E-state index in [9.17, 15) is 13.6 Å². The van der Waals surface area contributed by atoms with Crippen LogP contribution in [-0.4, -0.2) is 12.3 Å². The van der Waals surface area contributed by atoms with Crippen LogP contribution in [0.2, 0.25) is 0 Å². The molecule has 2 rings (SSSR count). The molecule has 0 saturated heterocycles. The van der Waals surface area contributed by atoms with Gasteiger partial charge >= 0.3 is 0 Å². The molecule has 2 N–H and O–H groups in total. The second-order valence-corrected chi connectivity index (χ2v) is 6.30. The summed E-state index contributed by atoms with van der Waals surface area (Å²) < 4.78 is 28.1. The van der Waals surface area contributed by atoms with Gasteiger partial charge in [0.2, 0.25) is 0 Å². The van der Waals surface area contributed by atoms with Crippen LogP contribution in [0, 0.1) is 17.0 Å². The zero-order valence-electron chi connectivity index (χ0n) is 11.2. The number of Topliss-reactive ketones (excluding diaryl/α,β-unsaturated/α-hetero) is 1. The maximum Gasteiger partial charge on any atom is 0.176 e. The fourth-order valence-corrected chi connectivity index (χ4v) is 3.26. The molecule has 0 aliphatic heterocycles. The van der Waals surface area contributed by atoms with Crippen LogP contribution in [0.5, 0.6) is 0 Å². The van der Waals surface area contributed by atoms with Crippen molar-refractivity contribution in [2.24, 2.45) is 11.1 Å². The first kappa shape index (κ1) is 15.6.